The third-order valence-corrected chi connectivity index (χ3v) is 8.71. The van der Waals surface area contributed by atoms with E-state index in [-0.39, 0.29) is 24.4 Å². The van der Waals surface area contributed by atoms with Crippen LogP contribution in [0, 0.1) is 10.8 Å². The first-order chi connectivity index (χ1) is 22.0. The van der Waals surface area contributed by atoms with Gasteiger partial charge in [0.05, 0.1) is 26.4 Å². The highest BCUT2D eigenvalue weighted by Crippen LogP contribution is 2.48. The molecule has 0 radical (unpaired) electrons. The molecule has 2 saturated heterocycles. The van der Waals surface area contributed by atoms with Crippen LogP contribution in [0.1, 0.15) is 68.1 Å². The van der Waals surface area contributed by atoms with Gasteiger partial charge in [-0.1, -0.05) is 52.0 Å². The van der Waals surface area contributed by atoms with Crippen LogP contribution in [0.5, 0.6) is 11.5 Å². The smallest absolute Gasteiger partial charge is 0.188 e. The fraction of sp³-hybridized carbons (Fsp3) is 0.500. The molecule has 0 aromatic heterocycles. The van der Waals surface area contributed by atoms with Crippen LogP contribution >= 0.6 is 11.8 Å². The maximum Gasteiger partial charge on any atom is 0.188 e. The van der Waals surface area contributed by atoms with Gasteiger partial charge in [-0.15, -0.1) is 11.8 Å². The van der Waals surface area contributed by atoms with Crippen molar-refractivity contribution in [3.05, 3.63) is 88.5 Å². The summed E-state index contributed by atoms with van der Waals surface area (Å²) >= 11 is 1.58. The first kappa shape index (κ1) is 34.7. The highest BCUT2D eigenvalue weighted by Gasteiger charge is 2.42. The van der Waals surface area contributed by atoms with Crippen molar-refractivity contribution < 1.29 is 43.0 Å². The second-order valence-corrected chi connectivity index (χ2v) is 14.2. The molecule has 10 heteroatoms. The van der Waals surface area contributed by atoms with E-state index in [1.54, 1.807) is 26.0 Å². The number of hydrogen-bond donors (Lipinski definition) is 1. The summed E-state index contributed by atoms with van der Waals surface area (Å²) in [6, 6.07) is 19.0. The normalized spacial score (nSPS) is 18.8. The molecule has 0 saturated carbocycles. The lowest BCUT2D eigenvalue weighted by atomic mass is 9.78. The zero-order chi connectivity index (χ0) is 33.0. The zero-order valence-electron chi connectivity index (χ0n) is 27.8. The standard InChI is InChI=1S/C36H46O9S/c1-34(2)18-40-32(41-19-34)24-11-13-30(44-22-38-5)28(15-24)36(37,26-9-8-10-27(17-26)46-7)29-16-25(12-14-31(29)45-23-39-6)33-42-20-35(3,4)21-43-33/h8-17,32-33,37H,18-23H2,1-7H3. The molecule has 9 nitrogen and oxygen atoms in total. The SMILES string of the molecule is COCOc1ccc(C2OCC(C)(C)CO2)cc1C(O)(c1cccc(SC)c1)c1cc(C2OCC(C)(C)CO2)ccc1OCOC. The molecule has 0 unspecified atom stereocenters. The fourth-order valence-electron chi connectivity index (χ4n) is 5.52. The molecule has 3 aromatic carbocycles. The van der Waals surface area contributed by atoms with Crippen LogP contribution in [0.15, 0.2) is 65.6 Å². The molecule has 0 aliphatic carbocycles. The van der Waals surface area contributed by atoms with E-state index in [9.17, 15) is 5.11 Å². The molecule has 2 aliphatic rings. The van der Waals surface area contributed by atoms with Gasteiger partial charge in [0.15, 0.2) is 26.2 Å². The first-order valence-electron chi connectivity index (χ1n) is 15.4. The molecule has 46 heavy (non-hydrogen) atoms. The van der Waals surface area contributed by atoms with E-state index in [4.69, 9.17) is 37.9 Å². The van der Waals surface area contributed by atoms with Crippen LogP contribution in [-0.2, 0) is 34.0 Å². The number of methoxy groups -OCH3 is 2. The van der Waals surface area contributed by atoms with Gasteiger partial charge in [-0.3, -0.25) is 0 Å². The van der Waals surface area contributed by atoms with Crippen LogP contribution in [-0.4, -0.2) is 65.6 Å². The maximum absolute atomic E-state index is 13.4. The number of aliphatic hydroxyl groups is 1. The van der Waals surface area contributed by atoms with E-state index in [1.807, 2.05) is 66.9 Å². The van der Waals surface area contributed by atoms with Gasteiger partial charge >= 0.3 is 0 Å². The molecule has 0 amide bonds. The molecule has 3 aromatic rings. The monoisotopic (exact) mass is 654 g/mol. The van der Waals surface area contributed by atoms with Gasteiger partial charge in [0.25, 0.3) is 0 Å². The molecule has 2 aliphatic heterocycles. The van der Waals surface area contributed by atoms with Crippen molar-refractivity contribution in [3.8, 4) is 11.5 Å². The van der Waals surface area contributed by atoms with Crippen molar-refractivity contribution in [2.75, 3.05) is 60.5 Å². The number of ether oxygens (including phenoxy) is 8. The highest BCUT2D eigenvalue weighted by atomic mass is 32.2. The van der Waals surface area contributed by atoms with Crippen molar-refractivity contribution in [2.45, 2.75) is 50.8 Å². The van der Waals surface area contributed by atoms with E-state index in [1.165, 1.54) is 0 Å². The number of rotatable bonds is 12. The average Bonchev–Trinajstić information content (AvgIpc) is 3.06. The Hall–Kier alpha value is -2.67. The molecule has 0 atom stereocenters. The minimum Gasteiger partial charge on any atom is -0.467 e. The third-order valence-electron chi connectivity index (χ3n) is 7.99. The molecular weight excluding hydrogens is 608 g/mol. The topological polar surface area (TPSA) is 94.1 Å². The van der Waals surface area contributed by atoms with Gasteiger partial charge in [-0.2, -0.15) is 0 Å². The van der Waals surface area contributed by atoms with E-state index in [0.717, 1.165) is 16.0 Å². The van der Waals surface area contributed by atoms with Crippen molar-refractivity contribution in [1.82, 2.24) is 0 Å². The first-order valence-corrected chi connectivity index (χ1v) is 16.6. The predicted molar refractivity (Wildman–Crippen MR) is 175 cm³/mol. The van der Waals surface area contributed by atoms with Crippen molar-refractivity contribution in [1.29, 1.82) is 0 Å². The quantitative estimate of drug-likeness (QED) is 0.128. The Labute approximate surface area is 276 Å². The Morgan fingerprint density at radius 2 is 1.17 bits per heavy atom. The Kier molecular flexibility index (Phi) is 11.0. The minimum absolute atomic E-state index is 0.0233. The Bertz CT molecular complexity index is 1370. The summed E-state index contributed by atoms with van der Waals surface area (Å²) in [5.74, 6) is 0.850. The largest absolute Gasteiger partial charge is 0.467 e. The fourth-order valence-corrected chi connectivity index (χ4v) is 5.98. The number of hydrogen-bond acceptors (Lipinski definition) is 10. The summed E-state index contributed by atoms with van der Waals surface area (Å²) in [5.41, 5.74) is 1.01. The minimum atomic E-state index is -1.80. The van der Waals surface area contributed by atoms with Crippen LogP contribution in [0.3, 0.4) is 0 Å². The molecule has 1 N–H and O–H groups in total. The molecule has 250 valence electrons. The van der Waals surface area contributed by atoms with Gasteiger partial charge in [0.1, 0.15) is 17.1 Å². The van der Waals surface area contributed by atoms with Gasteiger partial charge in [0, 0.05) is 52.2 Å². The summed E-state index contributed by atoms with van der Waals surface area (Å²) in [6.07, 6.45) is 0.763. The van der Waals surface area contributed by atoms with Crippen molar-refractivity contribution in [2.24, 2.45) is 10.8 Å². The van der Waals surface area contributed by atoms with E-state index in [2.05, 4.69) is 27.7 Å². The summed E-state index contributed by atoms with van der Waals surface area (Å²) in [7, 11) is 3.11. The number of benzene rings is 3. The molecule has 5 rings (SSSR count). The summed E-state index contributed by atoms with van der Waals surface area (Å²) in [5, 5.41) is 13.4. The second-order valence-electron chi connectivity index (χ2n) is 13.3. The van der Waals surface area contributed by atoms with Gasteiger partial charge in [-0.05, 0) is 48.2 Å². The van der Waals surface area contributed by atoms with Crippen LogP contribution in [0.4, 0.5) is 0 Å². The summed E-state index contributed by atoms with van der Waals surface area (Å²) in [6.45, 7) is 10.5. The Morgan fingerprint density at radius 3 is 1.59 bits per heavy atom. The molecule has 0 bridgehead atoms. The average molecular weight is 655 g/mol. The van der Waals surface area contributed by atoms with Gasteiger partial charge in [0.2, 0.25) is 0 Å². The van der Waals surface area contributed by atoms with Crippen LogP contribution in [0.25, 0.3) is 0 Å². The van der Waals surface area contributed by atoms with Crippen molar-refractivity contribution in [3.63, 3.8) is 0 Å². The molecular formula is C36H46O9S. The Morgan fingerprint density at radius 1 is 0.717 bits per heavy atom. The summed E-state index contributed by atoms with van der Waals surface area (Å²) in [4.78, 5) is 0.976. The molecule has 0 spiro atoms. The predicted octanol–water partition coefficient (Wildman–Crippen LogP) is 6.80. The summed E-state index contributed by atoms with van der Waals surface area (Å²) < 4.78 is 47.5. The van der Waals surface area contributed by atoms with E-state index >= 15 is 0 Å². The Balaban J connectivity index is 1.73. The highest BCUT2D eigenvalue weighted by molar-refractivity contribution is 7.98. The van der Waals surface area contributed by atoms with Crippen LogP contribution < -0.4 is 9.47 Å². The molecule has 2 heterocycles. The third kappa shape index (κ3) is 7.72. The van der Waals surface area contributed by atoms with Gasteiger partial charge in [-0.25, -0.2) is 0 Å². The lowest BCUT2D eigenvalue weighted by Crippen LogP contribution is -2.35. The van der Waals surface area contributed by atoms with Gasteiger partial charge < -0.3 is 43.0 Å². The van der Waals surface area contributed by atoms with E-state index < -0.39 is 18.2 Å². The maximum atomic E-state index is 13.4. The lowest BCUT2D eigenvalue weighted by molar-refractivity contribution is -0.226. The zero-order valence-corrected chi connectivity index (χ0v) is 28.6. The van der Waals surface area contributed by atoms with Crippen LogP contribution in [0.2, 0.25) is 0 Å². The second kappa shape index (κ2) is 14.6. The molecule has 2 fully saturated rings. The van der Waals surface area contributed by atoms with Crippen molar-refractivity contribution >= 4 is 11.8 Å². The lowest BCUT2D eigenvalue weighted by Gasteiger charge is -2.37. The van der Waals surface area contributed by atoms with E-state index in [0.29, 0.717) is 54.6 Å². The number of thioether (sulfide) groups is 1.